The summed E-state index contributed by atoms with van der Waals surface area (Å²) in [6.07, 6.45) is 2.02. The number of nitrogens with zero attached hydrogens (tertiary/aromatic N) is 1. The van der Waals surface area contributed by atoms with Crippen molar-refractivity contribution in [1.82, 2.24) is 4.90 Å². The SMILES string of the molecule is O=C(O)C1CC12CCN(C(=O)c1cccc(OC(F)F)c1)CC2. The Bertz CT molecular complexity index is 626. The van der Waals surface area contributed by atoms with Crippen molar-refractivity contribution in [2.24, 2.45) is 11.3 Å². The number of likely N-dealkylation sites (tertiary alicyclic amines) is 1. The van der Waals surface area contributed by atoms with E-state index >= 15 is 0 Å². The Kier molecular flexibility index (Phi) is 3.95. The van der Waals surface area contributed by atoms with Gasteiger partial charge in [0.05, 0.1) is 5.92 Å². The van der Waals surface area contributed by atoms with Crippen molar-refractivity contribution in [3.05, 3.63) is 29.8 Å². The van der Waals surface area contributed by atoms with E-state index in [9.17, 15) is 18.4 Å². The number of benzene rings is 1. The molecule has 5 nitrogen and oxygen atoms in total. The summed E-state index contributed by atoms with van der Waals surface area (Å²) in [6, 6.07) is 5.73. The van der Waals surface area contributed by atoms with Crippen LogP contribution in [0, 0.1) is 11.3 Å². The third-order valence-electron chi connectivity index (χ3n) is 4.84. The van der Waals surface area contributed by atoms with Crippen LogP contribution >= 0.6 is 0 Å². The van der Waals surface area contributed by atoms with E-state index in [1.807, 2.05) is 0 Å². The number of carbonyl (C=O) groups is 2. The first-order valence-electron chi connectivity index (χ1n) is 7.48. The summed E-state index contributed by atoms with van der Waals surface area (Å²) in [5.74, 6) is -1.34. The highest BCUT2D eigenvalue weighted by Gasteiger charge is 2.59. The average Bonchev–Trinajstić information content (AvgIpc) is 3.21. The highest BCUT2D eigenvalue weighted by Crippen LogP contribution is 2.59. The molecule has 1 N–H and O–H groups in total. The van der Waals surface area contributed by atoms with E-state index in [4.69, 9.17) is 5.11 Å². The Morgan fingerprint density at radius 1 is 1.30 bits per heavy atom. The number of amides is 1. The van der Waals surface area contributed by atoms with Crippen molar-refractivity contribution in [3.63, 3.8) is 0 Å². The summed E-state index contributed by atoms with van der Waals surface area (Å²) >= 11 is 0. The van der Waals surface area contributed by atoms with Crippen LogP contribution < -0.4 is 4.74 Å². The lowest BCUT2D eigenvalue weighted by Gasteiger charge is -2.32. The van der Waals surface area contributed by atoms with Gasteiger partial charge in [0.15, 0.2) is 0 Å². The highest BCUT2D eigenvalue weighted by atomic mass is 19.3. The van der Waals surface area contributed by atoms with Crippen molar-refractivity contribution in [3.8, 4) is 5.75 Å². The van der Waals surface area contributed by atoms with E-state index in [2.05, 4.69) is 4.74 Å². The molecule has 1 atom stereocenters. The fourth-order valence-electron chi connectivity index (χ4n) is 3.39. The number of piperidine rings is 1. The third kappa shape index (κ3) is 3.13. The molecule has 1 amide bonds. The molecule has 23 heavy (non-hydrogen) atoms. The molecule has 124 valence electrons. The molecule has 1 aliphatic carbocycles. The lowest BCUT2D eigenvalue weighted by atomic mass is 9.90. The van der Waals surface area contributed by atoms with E-state index in [1.54, 1.807) is 11.0 Å². The van der Waals surface area contributed by atoms with E-state index in [-0.39, 0.29) is 23.0 Å². The van der Waals surface area contributed by atoms with E-state index in [0.717, 1.165) is 0 Å². The fourth-order valence-corrected chi connectivity index (χ4v) is 3.39. The molecule has 3 rings (SSSR count). The molecular weight excluding hydrogens is 308 g/mol. The van der Waals surface area contributed by atoms with Gasteiger partial charge in [-0.05, 0) is 42.9 Å². The van der Waals surface area contributed by atoms with Crippen LogP contribution in [0.25, 0.3) is 0 Å². The van der Waals surface area contributed by atoms with Gasteiger partial charge in [-0.1, -0.05) is 6.07 Å². The monoisotopic (exact) mass is 325 g/mol. The second kappa shape index (κ2) is 5.79. The Labute approximate surface area is 131 Å². The number of ether oxygens (including phenoxy) is 1. The normalized spacial score (nSPS) is 22.2. The average molecular weight is 325 g/mol. The molecule has 1 saturated carbocycles. The maximum atomic E-state index is 12.5. The second-order valence-corrected chi connectivity index (χ2v) is 6.16. The quantitative estimate of drug-likeness (QED) is 0.924. The zero-order chi connectivity index (χ0) is 16.6. The smallest absolute Gasteiger partial charge is 0.387 e. The summed E-state index contributed by atoms with van der Waals surface area (Å²) in [5.41, 5.74) is 0.146. The van der Waals surface area contributed by atoms with E-state index < -0.39 is 12.6 Å². The van der Waals surface area contributed by atoms with Crippen LogP contribution in [-0.4, -0.2) is 41.6 Å². The molecule has 0 radical (unpaired) electrons. The summed E-state index contributed by atoms with van der Waals surface area (Å²) in [4.78, 5) is 25.1. The predicted molar refractivity (Wildman–Crippen MR) is 76.4 cm³/mol. The van der Waals surface area contributed by atoms with Crippen molar-refractivity contribution in [1.29, 1.82) is 0 Å². The molecule has 1 heterocycles. The van der Waals surface area contributed by atoms with Gasteiger partial charge in [-0.25, -0.2) is 0 Å². The van der Waals surface area contributed by atoms with Crippen molar-refractivity contribution < 1.29 is 28.2 Å². The van der Waals surface area contributed by atoms with E-state index in [1.165, 1.54) is 18.2 Å². The molecule has 0 bridgehead atoms. The number of hydrogen-bond acceptors (Lipinski definition) is 3. The van der Waals surface area contributed by atoms with Gasteiger partial charge in [0.1, 0.15) is 5.75 Å². The molecule has 2 fully saturated rings. The number of alkyl halides is 2. The van der Waals surface area contributed by atoms with Gasteiger partial charge < -0.3 is 14.7 Å². The van der Waals surface area contributed by atoms with Gasteiger partial charge in [-0.3, -0.25) is 9.59 Å². The van der Waals surface area contributed by atoms with Gasteiger partial charge in [0.2, 0.25) is 0 Å². The van der Waals surface area contributed by atoms with Crippen LogP contribution in [0.15, 0.2) is 24.3 Å². The van der Waals surface area contributed by atoms with Crippen LogP contribution in [0.1, 0.15) is 29.6 Å². The van der Waals surface area contributed by atoms with Crippen LogP contribution in [0.4, 0.5) is 8.78 Å². The lowest BCUT2D eigenvalue weighted by Crippen LogP contribution is -2.40. The molecule has 1 aliphatic heterocycles. The number of carbonyl (C=O) groups excluding carboxylic acids is 1. The molecule has 2 aliphatic rings. The Balaban J connectivity index is 1.63. The van der Waals surface area contributed by atoms with Gasteiger partial charge >= 0.3 is 12.6 Å². The number of carboxylic acid groups (broad SMARTS) is 1. The molecule has 1 spiro atoms. The van der Waals surface area contributed by atoms with E-state index in [0.29, 0.717) is 37.9 Å². The predicted octanol–water partition coefficient (Wildman–Crippen LogP) is 2.61. The largest absolute Gasteiger partial charge is 0.481 e. The molecular formula is C16H17F2NO4. The molecule has 1 saturated heterocycles. The van der Waals surface area contributed by atoms with Gasteiger partial charge in [-0.2, -0.15) is 8.78 Å². The molecule has 1 unspecified atom stereocenters. The van der Waals surface area contributed by atoms with Gasteiger partial charge in [-0.15, -0.1) is 0 Å². The van der Waals surface area contributed by atoms with Crippen LogP contribution in [0.5, 0.6) is 5.75 Å². The molecule has 1 aromatic carbocycles. The van der Waals surface area contributed by atoms with Crippen molar-refractivity contribution in [2.75, 3.05) is 13.1 Å². The fraction of sp³-hybridized carbons (Fsp3) is 0.500. The molecule has 7 heteroatoms. The Morgan fingerprint density at radius 2 is 2.00 bits per heavy atom. The minimum Gasteiger partial charge on any atom is -0.481 e. The molecule has 0 aromatic heterocycles. The third-order valence-corrected chi connectivity index (χ3v) is 4.84. The first-order valence-corrected chi connectivity index (χ1v) is 7.48. The zero-order valence-electron chi connectivity index (χ0n) is 12.4. The highest BCUT2D eigenvalue weighted by molar-refractivity contribution is 5.94. The summed E-state index contributed by atoms with van der Waals surface area (Å²) in [5, 5.41) is 9.07. The summed E-state index contributed by atoms with van der Waals surface area (Å²) in [7, 11) is 0. The lowest BCUT2D eigenvalue weighted by molar-refractivity contribution is -0.139. The van der Waals surface area contributed by atoms with Crippen molar-refractivity contribution in [2.45, 2.75) is 25.9 Å². The van der Waals surface area contributed by atoms with Crippen LogP contribution in [-0.2, 0) is 4.79 Å². The summed E-state index contributed by atoms with van der Waals surface area (Å²) < 4.78 is 28.8. The Morgan fingerprint density at radius 3 is 2.57 bits per heavy atom. The topological polar surface area (TPSA) is 66.8 Å². The first kappa shape index (κ1) is 15.7. The number of rotatable bonds is 4. The Hall–Kier alpha value is -2.18. The van der Waals surface area contributed by atoms with Crippen LogP contribution in [0.3, 0.4) is 0 Å². The summed E-state index contributed by atoms with van der Waals surface area (Å²) in [6.45, 7) is -1.96. The second-order valence-electron chi connectivity index (χ2n) is 6.16. The maximum absolute atomic E-state index is 12.5. The van der Waals surface area contributed by atoms with Crippen LogP contribution in [0.2, 0.25) is 0 Å². The standard InChI is InChI=1S/C16H17F2NO4/c17-15(18)23-11-3-1-2-10(8-11)13(20)19-6-4-16(5-7-19)9-12(16)14(21)22/h1-3,8,12,15H,4-7,9H2,(H,21,22). The minimum atomic E-state index is -2.93. The minimum absolute atomic E-state index is 0.0486. The van der Waals surface area contributed by atoms with Gasteiger partial charge in [0, 0.05) is 18.7 Å². The number of aliphatic carboxylic acids is 1. The number of halogens is 2. The first-order chi connectivity index (χ1) is 10.9. The number of hydrogen-bond donors (Lipinski definition) is 1. The van der Waals surface area contributed by atoms with Crippen molar-refractivity contribution >= 4 is 11.9 Å². The zero-order valence-corrected chi connectivity index (χ0v) is 12.4. The maximum Gasteiger partial charge on any atom is 0.387 e. The van der Waals surface area contributed by atoms with Gasteiger partial charge in [0.25, 0.3) is 5.91 Å². The number of carboxylic acids is 1. The molecule has 1 aromatic rings.